The van der Waals surface area contributed by atoms with E-state index in [-0.39, 0.29) is 17.3 Å². The molecule has 0 saturated carbocycles. The predicted octanol–water partition coefficient (Wildman–Crippen LogP) is 3.24. The van der Waals surface area contributed by atoms with Crippen LogP contribution in [0.5, 0.6) is 0 Å². The minimum atomic E-state index is -0.569. The summed E-state index contributed by atoms with van der Waals surface area (Å²) in [5.41, 5.74) is 2.18. The molecular weight excluding hydrogens is 272 g/mol. The van der Waals surface area contributed by atoms with Crippen LogP contribution in [0.1, 0.15) is 35.5 Å². The highest BCUT2D eigenvalue weighted by molar-refractivity contribution is 5.59. The normalized spacial score (nSPS) is 11.7. The van der Waals surface area contributed by atoms with E-state index in [1.807, 2.05) is 26.8 Å². The third kappa shape index (κ3) is 2.84. The van der Waals surface area contributed by atoms with Gasteiger partial charge in [-0.05, 0) is 32.9 Å². The molecule has 0 spiro atoms. The number of nitriles is 1. The van der Waals surface area contributed by atoms with E-state index >= 15 is 0 Å². The van der Waals surface area contributed by atoms with Crippen LogP contribution >= 0.6 is 0 Å². The first kappa shape index (κ1) is 14.5. The molecule has 108 valence electrons. The Kier molecular flexibility index (Phi) is 3.89. The van der Waals surface area contributed by atoms with Gasteiger partial charge in [-0.15, -0.1) is 0 Å². The molecule has 1 atom stereocenters. The van der Waals surface area contributed by atoms with Gasteiger partial charge in [-0.1, -0.05) is 5.16 Å². The van der Waals surface area contributed by atoms with Crippen molar-refractivity contribution >= 4 is 11.4 Å². The number of anilines is 1. The summed E-state index contributed by atoms with van der Waals surface area (Å²) in [6.45, 7) is 5.60. The number of aromatic nitrogens is 1. The van der Waals surface area contributed by atoms with Gasteiger partial charge in [0, 0.05) is 17.3 Å². The molecule has 0 radical (unpaired) electrons. The second-order valence-corrected chi connectivity index (χ2v) is 4.70. The maximum Gasteiger partial charge on any atom is 0.287 e. The number of nitrogens with zero attached hydrogens (tertiary/aromatic N) is 3. The number of aryl methyl sites for hydroxylation is 2. The molecule has 2 rings (SSSR count). The molecule has 1 aromatic heterocycles. The van der Waals surface area contributed by atoms with Crippen molar-refractivity contribution in [2.75, 3.05) is 5.32 Å². The summed E-state index contributed by atoms with van der Waals surface area (Å²) in [6, 6.07) is 6.10. The summed E-state index contributed by atoms with van der Waals surface area (Å²) in [7, 11) is 0. The van der Waals surface area contributed by atoms with E-state index in [0.717, 1.165) is 17.0 Å². The van der Waals surface area contributed by atoms with Gasteiger partial charge in [-0.3, -0.25) is 10.1 Å². The fourth-order valence-electron chi connectivity index (χ4n) is 2.31. The van der Waals surface area contributed by atoms with Gasteiger partial charge in [0.05, 0.1) is 16.7 Å². The van der Waals surface area contributed by atoms with Gasteiger partial charge in [0.2, 0.25) is 0 Å². The van der Waals surface area contributed by atoms with Crippen LogP contribution in [0.25, 0.3) is 0 Å². The molecule has 0 bridgehead atoms. The summed E-state index contributed by atoms with van der Waals surface area (Å²) in [5.74, 6) is 0.718. The molecule has 2 aromatic rings. The van der Waals surface area contributed by atoms with Crippen molar-refractivity contribution < 1.29 is 9.45 Å². The number of hydrogen-bond donors (Lipinski definition) is 1. The second kappa shape index (κ2) is 5.63. The number of nitro benzene ring substituents is 1. The van der Waals surface area contributed by atoms with Crippen LogP contribution in [0, 0.1) is 35.3 Å². The molecule has 1 heterocycles. The van der Waals surface area contributed by atoms with Crippen LogP contribution in [-0.2, 0) is 0 Å². The van der Waals surface area contributed by atoms with Gasteiger partial charge in [0.1, 0.15) is 17.4 Å². The quantitative estimate of drug-likeness (QED) is 0.683. The molecule has 0 amide bonds. The highest BCUT2D eigenvalue weighted by Crippen LogP contribution is 2.27. The molecule has 1 N–H and O–H groups in total. The van der Waals surface area contributed by atoms with Crippen LogP contribution in [-0.4, -0.2) is 10.1 Å². The van der Waals surface area contributed by atoms with E-state index in [4.69, 9.17) is 9.78 Å². The van der Waals surface area contributed by atoms with Gasteiger partial charge in [0.25, 0.3) is 5.69 Å². The van der Waals surface area contributed by atoms with E-state index in [9.17, 15) is 10.1 Å². The number of benzene rings is 1. The summed E-state index contributed by atoms with van der Waals surface area (Å²) < 4.78 is 5.12. The first-order chi connectivity index (χ1) is 9.93. The Balaban J connectivity index is 2.29. The third-order valence-electron chi connectivity index (χ3n) is 3.22. The number of nitrogens with one attached hydrogen (secondary N) is 1. The van der Waals surface area contributed by atoms with Crippen molar-refractivity contribution in [3.63, 3.8) is 0 Å². The first-order valence-electron chi connectivity index (χ1n) is 6.32. The Morgan fingerprint density at radius 3 is 2.71 bits per heavy atom. The highest BCUT2D eigenvalue weighted by Gasteiger charge is 2.18. The Morgan fingerprint density at radius 2 is 2.19 bits per heavy atom. The maximum atomic E-state index is 10.8. The van der Waals surface area contributed by atoms with E-state index in [1.54, 1.807) is 6.07 Å². The molecule has 7 nitrogen and oxygen atoms in total. The molecule has 0 fully saturated rings. The lowest BCUT2D eigenvalue weighted by atomic mass is 10.1. The molecule has 21 heavy (non-hydrogen) atoms. The molecule has 1 unspecified atom stereocenters. The zero-order valence-electron chi connectivity index (χ0n) is 11.9. The van der Waals surface area contributed by atoms with Gasteiger partial charge in [-0.25, -0.2) is 0 Å². The minimum Gasteiger partial charge on any atom is -0.378 e. The Labute approximate surface area is 121 Å². The van der Waals surface area contributed by atoms with Crippen LogP contribution < -0.4 is 5.32 Å². The third-order valence-corrected chi connectivity index (χ3v) is 3.22. The average Bonchev–Trinajstić information content (AvgIpc) is 2.77. The molecular formula is C14H14N4O3. The monoisotopic (exact) mass is 286 g/mol. The van der Waals surface area contributed by atoms with Crippen molar-refractivity contribution in [2.24, 2.45) is 0 Å². The van der Waals surface area contributed by atoms with Crippen LogP contribution in [0.3, 0.4) is 0 Å². The number of hydrogen-bond acceptors (Lipinski definition) is 6. The van der Waals surface area contributed by atoms with Crippen molar-refractivity contribution in [3.8, 4) is 6.07 Å². The zero-order chi connectivity index (χ0) is 15.6. The molecule has 0 aliphatic carbocycles. The summed E-state index contributed by atoms with van der Waals surface area (Å²) in [4.78, 5) is 10.2. The molecule has 0 saturated heterocycles. The number of rotatable bonds is 4. The number of nitro groups is 1. The van der Waals surface area contributed by atoms with E-state index in [1.165, 1.54) is 12.1 Å². The topological polar surface area (TPSA) is 105 Å². The molecule has 1 aromatic carbocycles. The summed E-state index contributed by atoms with van der Waals surface area (Å²) in [5, 5.41) is 26.9. The van der Waals surface area contributed by atoms with E-state index in [2.05, 4.69) is 10.5 Å². The zero-order valence-corrected chi connectivity index (χ0v) is 11.9. The smallest absolute Gasteiger partial charge is 0.287 e. The molecule has 0 aliphatic rings. The summed E-state index contributed by atoms with van der Waals surface area (Å²) >= 11 is 0. The van der Waals surface area contributed by atoms with Crippen molar-refractivity contribution in [3.05, 3.63) is 50.9 Å². The van der Waals surface area contributed by atoms with Gasteiger partial charge in [0.15, 0.2) is 0 Å². The Bertz CT molecular complexity index is 711. The maximum absolute atomic E-state index is 10.8. The molecule has 0 aliphatic heterocycles. The van der Waals surface area contributed by atoms with Crippen molar-refractivity contribution in [1.29, 1.82) is 5.26 Å². The van der Waals surface area contributed by atoms with Crippen molar-refractivity contribution in [1.82, 2.24) is 5.16 Å². The lowest BCUT2D eigenvalue weighted by molar-refractivity contribution is -0.385. The molecule has 7 heteroatoms. The van der Waals surface area contributed by atoms with Crippen LogP contribution in [0.15, 0.2) is 22.7 Å². The summed E-state index contributed by atoms with van der Waals surface area (Å²) in [6.07, 6.45) is 0. The van der Waals surface area contributed by atoms with Crippen molar-refractivity contribution in [2.45, 2.75) is 26.8 Å². The fraction of sp³-hybridized carbons (Fsp3) is 0.286. The Morgan fingerprint density at radius 1 is 1.48 bits per heavy atom. The van der Waals surface area contributed by atoms with Gasteiger partial charge < -0.3 is 9.84 Å². The first-order valence-corrected chi connectivity index (χ1v) is 6.32. The second-order valence-electron chi connectivity index (χ2n) is 4.70. The predicted molar refractivity (Wildman–Crippen MR) is 75.8 cm³/mol. The minimum absolute atomic E-state index is 0.0240. The van der Waals surface area contributed by atoms with Crippen LogP contribution in [0.2, 0.25) is 0 Å². The SMILES string of the molecule is Cc1noc(C)c1C(C)Nc1ccc([N+](=O)[O-])c(C#N)c1. The standard InChI is InChI=1S/C14H14N4O3/c1-8(14-9(2)17-21-10(14)3)16-12-4-5-13(18(19)20)11(6-12)7-15/h4-6,8,16H,1-3H3. The van der Waals surface area contributed by atoms with Gasteiger partial charge in [-0.2, -0.15) is 5.26 Å². The van der Waals surface area contributed by atoms with E-state index < -0.39 is 4.92 Å². The fourth-order valence-corrected chi connectivity index (χ4v) is 2.31. The average molecular weight is 286 g/mol. The van der Waals surface area contributed by atoms with Gasteiger partial charge >= 0.3 is 0 Å². The van der Waals surface area contributed by atoms with E-state index in [0.29, 0.717) is 5.69 Å². The van der Waals surface area contributed by atoms with Crippen LogP contribution in [0.4, 0.5) is 11.4 Å². The highest BCUT2D eigenvalue weighted by atomic mass is 16.6. The lowest BCUT2D eigenvalue weighted by Crippen LogP contribution is -2.08. The lowest BCUT2D eigenvalue weighted by Gasteiger charge is -2.15. The Hall–Kier alpha value is -2.88. The largest absolute Gasteiger partial charge is 0.378 e.